The van der Waals surface area contributed by atoms with E-state index in [0.29, 0.717) is 23.4 Å². The number of carbonyl (C=O) groups excluding carboxylic acids is 4. The molecule has 1 aliphatic heterocycles. The highest BCUT2D eigenvalue weighted by atomic mass is 16.5. The van der Waals surface area contributed by atoms with Crippen LogP contribution in [-0.4, -0.2) is 41.9 Å². The van der Waals surface area contributed by atoms with Gasteiger partial charge in [-0.3, -0.25) is 14.5 Å². The first-order valence-corrected chi connectivity index (χ1v) is 10.5. The normalized spacial score (nSPS) is 17.8. The van der Waals surface area contributed by atoms with Crippen LogP contribution in [0.1, 0.15) is 48.2 Å². The molecule has 2 N–H and O–H groups in total. The van der Waals surface area contributed by atoms with Crippen molar-refractivity contribution in [2.45, 2.75) is 39.2 Å². The lowest BCUT2D eigenvalue weighted by atomic mass is 9.91. The highest BCUT2D eigenvalue weighted by molar-refractivity contribution is 6.10. The molecule has 1 fully saturated rings. The summed E-state index contributed by atoms with van der Waals surface area (Å²) in [5, 5.41) is 5.32. The number of aryl methyl sites for hydroxylation is 1. The van der Waals surface area contributed by atoms with E-state index in [2.05, 4.69) is 10.6 Å². The van der Waals surface area contributed by atoms with Crippen molar-refractivity contribution in [1.82, 2.24) is 10.2 Å². The van der Waals surface area contributed by atoms with Crippen LogP contribution >= 0.6 is 0 Å². The van der Waals surface area contributed by atoms with Crippen LogP contribution in [0.3, 0.4) is 0 Å². The molecule has 0 spiro atoms. The number of imide groups is 1. The number of nitrogens with zero attached hydrogens (tertiary/aromatic N) is 1. The Morgan fingerprint density at radius 1 is 1.06 bits per heavy atom. The fourth-order valence-corrected chi connectivity index (χ4v) is 3.35. The number of benzene rings is 2. The van der Waals surface area contributed by atoms with Gasteiger partial charge in [-0.15, -0.1) is 0 Å². The smallest absolute Gasteiger partial charge is 0.338 e. The van der Waals surface area contributed by atoms with Crippen molar-refractivity contribution in [3.05, 3.63) is 65.2 Å². The Balaban J connectivity index is 1.61. The van der Waals surface area contributed by atoms with Crippen molar-refractivity contribution in [3.8, 4) is 0 Å². The molecule has 0 aliphatic carbocycles. The second-order valence-corrected chi connectivity index (χ2v) is 7.93. The number of esters is 1. The molecule has 3 rings (SSSR count). The molecule has 0 bridgehead atoms. The molecular weight excluding hydrogens is 410 g/mol. The first kappa shape index (κ1) is 23.0. The van der Waals surface area contributed by atoms with Crippen molar-refractivity contribution < 1.29 is 23.9 Å². The summed E-state index contributed by atoms with van der Waals surface area (Å²) in [6.07, 6.45) is 1.73. The number of anilines is 1. The number of unbranched alkanes of at least 4 members (excludes halogenated alkanes) is 1. The highest BCUT2D eigenvalue weighted by Crippen LogP contribution is 2.29. The van der Waals surface area contributed by atoms with Crippen molar-refractivity contribution in [2.75, 3.05) is 18.5 Å². The summed E-state index contributed by atoms with van der Waals surface area (Å²) in [5.41, 5.74) is 1.26. The van der Waals surface area contributed by atoms with E-state index in [-0.39, 0.29) is 0 Å². The SMILES string of the molecule is CCCCOC(=O)c1ccc(NC(=O)CN2C(=O)N[C@](C)(c3ccc(C)cc3)C2=O)cc1. The second-order valence-electron chi connectivity index (χ2n) is 7.93. The Labute approximate surface area is 186 Å². The number of amides is 4. The van der Waals surface area contributed by atoms with E-state index in [1.165, 1.54) is 0 Å². The van der Waals surface area contributed by atoms with E-state index in [9.17, 15) is 19.2 Å². The van der Waals surface area contributed by atoms with Gasteiger partial charge in [-0.1, -0.05) is 43.2 Å². The van der Waals surface area contributed by atoms with Crippen molar-refractivity contribution in [1.29, 1.82) is 0 Å². The van der Waals surface area contributed by atoms with Crippen molar-refractivity contribution in [2.24, 2.45) is 0 Å². The average molecular weight is 437 g/mol. The van der Waals surface area contributed by atoms with E-state index < -0.39 is 35.9 Å². The number of ether oxygens (including phenoxy) is 1. The Kier molecular flexibility index (Phi) is 6.92. The predicted octanol–water partition coefficient (Wildman–Crippen LogP) is 3.36. The molecular formula is C24H27N3O5. The third-order valence-corrected chi connectivity index (χ3v) is 5.34. The molecule has 1 saturated heterocycles. The lowest BCUT2D eigenvalue weighted by molar-refractivity contribution is -0.133. The fourth-order valence-electron chi connectivity index (χ4n) is 3.35. The highest BCUT2D eigenvalue weighted by Gasteiger charge is 2.49. The third-order valence-electron chi connectivity index (χ3n) is 5.34. The van der Waals surface area contributed by atoms with Gasteiger partial charge < -0.3 is 15.4 Å². The number of nitrogens with one attached hydrogen (secondary N) is 2. The Bertz CT molecular complexity index is 1020. The van der Waals surface area contributed by atoms with Gasteiger partial charge in [0.25, 0.3) is 5.91 Å². The van der Waals surface area contributed by atoms with E-state index in [4.69, 9.17) is 4.74 Å². The van der Waals surface area contributed by atoms with Gasteiger partial charge in [-0.25, -0.2) is 9.59 Å². The zero-order valence-electron chi connectivity index (χ0n) is 18.4. The predicted molar refractivity (Wildman–Crippen MR) is 119 cm³/mol. The van der Waals surface area contributed by atoms with Crippen LogP contribution < -0.4 is 10.6 Å². The number of hydrogen-bond acceptors (Lipinski definition) is 5. The van der Waals surface area contributed by atoms with E-state index >= 15 is 0 Å². The van der Waals surface area contributed by atoms with Gasteiger partial charge in [0.2, 0.25) is 5.91 Å². The topological polar surface area (TPSA) is 105 Å². The van der Waals surface area contributed by atoms with Gasteiger partial charge in [0.15, 0.2) is 0 Å². The zero-order valence-corrected chi connectivity index (χ0v) is 18.4. The molecule has 0 unspecified atom stereocenters. The van der Waals surface area contributed by atoms with Gasteiger partial charge in [-0.05, 0) is 50.1 Å². The van der Waals surface area contributed by atoms with Crippen LogP contribution in [0.25, 0.3) is 0 Å². The van der Waals surface area contributed by atoms with Crippen molar-refractivity contribution in [3.63, 3.8) is 0 Å². The molecule has 32 heavy (non-hydrogen) atoms. The summed E-state index contributed by atoms with van der Waals surface area (Å²) < 4.78 is 5.15. The fraction of sp³-hybridized carbons (Fsp3) is 0.333. The van der Waals surface area contributed by atoms with Gasteiger partial charge in [-0.2, -0.15) is 0 Å². The summed E-state index contributed by atoms with van der Waals surface area (Å²) in [6.45, 7) is 5.50. The minimum absolute atomic E-state index is 0.362. The monoisotopic (exact) mass is 437 g/mol. The second kappa shape index (κ2) is 9.64. The average Bonchev–Trinajstić information content (AvgIpc) is 2.98. The lowest BCUT2D eigenvalue weighted by Crippen LogP contribution is -2.42. The van der Waals surface area contributed by atoms with Crippen LogP contribution in [0.5, 0.6) is 0 Å². The summed E-state index contributed by atoms with van der Waals surface area (Å²) in [4.78, 5) is 50.7. The Hall–Kier alpha value is -3.68. The summed E-state index contributed by atoms with van der Waals surface area (Å²) >= 11 is 0. The van der Waals surface area contributed by atoms with Crippen molar-refractivity contribution >= 4 is 29.5 Å². The van der Waals surface area contributed by atoms with Crippen LogP contribution in [0.4, 0.5) is 10.5 Å². The molecule has 1 atom stereocenters. The first-order valence-electron chi connectivity index (χ1n) is 10.5. The largest absolute Gasteiger partial charge is 0.462 e. The Morgan fingerprint density at radius 2 is 1.72 bits per heavy atom. The van der Waals surface area contributed by atoms with Gasteiger partial charge in [0.05, 0.1) is 12.2 Å². The summed E-state index contributed by atoms with van der Waals surface area (Å²) in [7, 11) is 0. The van der Waals surface area contributed by atoms with Gasteiger partial charge >= 0.3 is 12.0 Å². The first-order chi connectivity index (χ1) is 15.2. The molecule has 1 heterocycles. The van der Waals surface area contributed by atoms with Crippen LogP contribution in [0.15, 0.2) is 48.5 Å². The molecule has 0 aromatic heterocycles. The zero-order chi connectivity index (χ0) is 23.3. The molecule has 8 nitrogen and oxygen atoms in total. The molecule has 1 aliphatic rings. The lowest BCUT2D eigenvalue weighted by Gasteiger charge is -2.22. The summed E-state index contributed by atoms with van der Waals surface area (Å²) in [6, 6.07) is 12.9. The maximum atomic E-state index is 12.9. The Morgan fingerprint density at radius 3 is 2.34 bits per heavy atom. The third kappa shape index (κ3) is 4.96. The standard InChI is InChI=1S/C24H27N3O5/c1-4-5-14-32-21(29)17-8-12-19(13-9-17)25-20(28)15-27-22(30)24(3,26-23(27)31)18-10-6-16(2)7-11-18/h6-13H,4-5,14-15H2,1-3H3,(H,25,28)(H,26,31)/t24-/m1/s1. The molecule has 2 aromatic carbocycles. The van der Waals surface area contributed by atoms with Gasteiger partial charge in [0.1, 0.15) is 12.1 Å². The molecule has 2 aromatic rings. The van der Waals surface area contributed by atoms with Crippen LogP contribution in [-0.2, 0) is 19.9 Å². The number of hydrogen-bond donors (Lipinski definition) is 2. The van der Waals surface area contributed by atoms with E-state index in [1.807, 2.05) is 26.0 Å². The number of urea groups is 1. The molecule has 4 amide bonds. The molecule has 0 saturated carbocycles. The minimum Gasteiger partial charge on any atom is -0.462 e. The maximum Gasteiger partial charge on any atom is 0.338 e. The quantitative estimate of drug-likeness (QED) is 0.374. The molecule has 0 radical (unpaired) electrons. The number of carbonyl (C=O) groups is 4. The molecule has 168 valence electrons. The number of rotatable bonds is 8. The van der Waals surface area contributed by atoms with Crippen LogP contribution in [0, 0.1) is 6.92 Å². The summed E-state index contributed by atoms with van der Waals surface area (Å²) in [5.74, 6) is -1.45. The maximum absolute atomic E-state index is 12.9. The molecule has 8 heteroatoms. The van der Waals surface area contributed by atoms with Crippen LogP contribution in [0.2, 0.25) is 0 Å². The van der Waals surface area contributed by atoms with E-state index in [0.717, 1.165) is 23.3 Å². The van der Waals surface area contributed by atoms with Gasteiger partial charge in [0, 0.05) is 5.69 Å². The minimum atomic E-state index is -1.23. The van der Waals surface area contributed by atoms with E-state index in [1.54, 1.807) is 43.3 Å².